The molecule has 1 aliphatic heterocycles. The monoisotopic (exact) mass is 276 g/mol. The highest BCUT2D eigenvalue weighted by atomic mass is 32.2. The van der Waals surface area contributed by atoms with E-state index in [4.69, 9.17) is 9.31 Å². The molecule has 4 heteroatoms. The number of hydrogen-bond acceptors (Lipinski definition) is 3. The summed E-state index contributed by atoms with van der Waals surface area (Å²) in [6, 6.07) is 8.37. The molecule has 0 saturated carbocycles. The molecular weight excluding hydrogens is 255 g/mol. The first-order valence-electron chi connectivity index (χ1n) is 6.55. The van der Waals surface area contributed by atoms with Crippen molar-refractivity contribution in [3.63, 3.8) is 0 Å². The number of thioether (sulfide) groups is 1. The fourth-order valence-electron chi connectivity index (χ4n) is 1.86. The minimum atomic E-state index is -0.284. The van der Waals surface area contributed by atoms with Gasteiger partial charge in [0.2, 0.25) is 0 Å². The van der Waals surface area contributed by atoms with Crippen molar-refractivity contribution in [1.29, 1.82) is 0 Å². The Bertz CT molecular complexity index is 438. The van der Waals surface area contributed by atoms with E-state index in [1.54, 1.807) is 11.8 Å². The second-order valence-electron chi connectivity index (χ2n) is 5.76. The predicted octanol–water partition coefficient (Wildman–Crippen LogP) is 3.26. The van der Waals surface area contributed by atoms with Gasteiger partial charge in [0.25, 0.3) is 0 Å². The molecule has 0 atom stereocenters. The Balaban J connectivity index is 2.10. The molecule has 0 unspecified atom stereocenters. The summed E-state index contributed by atoms with van der Waals surface area (Å²) in [5.41, 5.74) is 0.503. The molecule has 1 saturated heterocycles. The normalized spacial score (nSPS) is 20.5. The van der Waals surface area contributed by atoms with E-state index in [0.717, 1.165) is 11.2 Å². The Hall–Kier alpha value is -0.705. The second-order valence-corrected chi connectivity index (χ2v) is 6.85. The summed E-state index contributed by atoms with van der Waals surface area (Å²) in [6.45, 7) is 12.0. The molecular formula is C15H21BO2S. The van der Waals surface area contributed by atoms with Crippen LogP contribution in [0.3, 0.4) is 0 Å². The zero-order valence-electron chi connectivity index (χ0n) is 12.1. The quantitative estimate of drug-likeness (QED) is 0.478. The van der Waals surface area contributed by atoms with Crippen molar-refractivity contribution < 1.29 is 9.31 Å². The highest BCUT2D eigenvalue weighted by molar-refractivity contribution is 7.99. The zero-order valence-corrected chi connectivity index (χ0v) is 12.9. The standard InChI is InChI=1S/C15H21BO2S/c1-6-11-19-13-9-7-12(8-10-13)16-17-14(2,3)15(4,5)18-16/h6-10H,1,11H2,2-5H3. The molecule has 0 radical (unpaired) electrons. The lowest BCUT2D eigenvalue weighted by Crippen LogP contribution is -2.41. The van der Waals surface area contributed by atoms with Crippen LogP contribution in [0.25, 0.3) is 0 Å². The van der Waals surface area contributed by atoms with E-state index in [2.05, 4.69) is 58.5 Å². The lowest BCUT2D eigenvalue weighted by Gasteiger charge is -2.32. The minimum Gasteiger partial charge on any atom is -0.399 e. The predicted molar refractivity (Wildman–Crippen MR) is 83.1 cm³/mol. The Kier molecular flexibility index (Phi) is 4.14. The average molecular weight is 276 g/mol. The third-order valence-corrected chi connectivity index (χ3v) is 4.78. The van der Waals surface area contributed by atoms with Gasteiger partial charge in [0.05, 0.1) is 11.2 Å². The van der Waals surface area contributed by atoms with E-state index in [9.17, 15) is 0 Å². The van der Waals surface area contributed by atoms with Gasteiger partial charge in [0.1, 0.15) is 0 Å². The van der Waals surface area contributed by atoms with Crippen molar-refractivity contribution in [2.75, 3.05) is 5.75 Å². The topological polar surface area (TPSA) is 18.5 Å². The van der Waals surface area contributed by atoms with Crippen LogP contribution < -0.4 is 5.46 Å². The van der Waals surface area contributed by atoms with Crippen molar-refractivity contribution >= 4 is 24.3 Å². The fourth-order valence-corrected chi connectivity index (χ4v) is 2.49. The van der Waals surface area contributed by atoms with E-state index >= 15 is 0 Å². The molecule has 1 heterocycles. The molecule has 0 spiro atoms. The third kappa shape index (κ3) is 3.07. The van der Waals surface area contributed by atoms with Crippen molar-refractivity contribution in [2.24, 2.45) is 0 Å². The van der Waals surface area contributed by atoms with Gasteiger partial charge in [0, 0.05) is 10.6 Å². The van der Waals surface area contributed by atoms with Crippen LogP contribution in [0.5, 0.6) is 0 Å². The maximum absolute atomic E-state index is 6.03. The van der Waals surface area contributed by atoms with Crippen LogP contribution in [-0.2, 0) is 9.31 Å². The van der Waals surface area contributed by atoms with Gasteiger partial charge in [-0.15, -0.1) is 18.3 Å². The second kappa shape index (κ2) is 5.35. The number of rotatable bonds is 4. The van der Waals surface area contributed by atoms with Gasteiger partial charge < -0.3 is 9.31 Å². The van der Waals surface area contributed by atoms with Gasteiger partial charge in [-0.05, 0) is 45.3 Å². The largest absolute Gasteiger partial charge is 0.494 e. The van der Waals surface area contributed by atoms with Crippen LogP contribution >= 0.6 is 11.8 Å². The lowest BCUT2D eigenvalue weighted by molar-refractivity contribution is 0.00578. The summed E-state index contributed by atoms with van der Waals surface area (Å²) in [5.74, 6) is 0.926. The molecule has 0 bridgehead atoms. The van der Waals surface area contributed by atoms with Gasteiger partial charge in [-0.3, -0.25) is 0 Å². The average Bonchev–Trinajstić information content (AvgIpc) is 2.56. The molecule has 1 fully saturated rings. The number of benzene rings is 1. The van der Waals surface area contributed by atoms with E-state index in [1.165, 1.54) is 4.90 Å². The summed E-state index contributed by atoms with van der Waals surface area (Å²) in [7, 11) is -0.275. The van der Waals surface area contributed by atoms with Crippen molar-refractivity contribution in [3.05, 3.63) is 36.9 Å². The van der Waals surface area contributed by atoms with Crippen LogP contribution in [0.1, 0.15) is 27.7 Å². The van der Waals surface area contributed by atoms with Gasteiger partial charge in [-0.25, -0.2) is 0 Å². The van der Waals surface area contributed by atoms with E-state index in [0.29, 0.717) is 0 Å². The summed E-state index contributed by atoms with van der Waals surface area (Å²) >= 11 is 1.77. The van der Waals surface area contributed by atoms with Crippen LogP contribution in [0, 0.1) is 0 Å². The van der Waals surface area contributed by atoms with Crippen molar-refractivity contribution in [2.45, 2.75) is 43.8 Å². The lowest BCUT2D eigenvalue weighted by atomic mass is 9.79. The van der Waals surface area contributed by atoms with Gasteiger partial charge >= 0.3 is 7.12 Å². The van der Waals surface area contributed by atoms with Crippen LogP contribution in [0.15, 0.2) is 41.8 Å². The number of hydrogen-bond donors (Lipinski definition) is 0. The summed E-state index contributed by atoms with van der Waals surface area (Å²) in [6.07, 6.45) is 1.91. The van der Waals surface area contributed by atoms with E-state index in [-0.39, 0.29) is 18.3 Å². The molecule has 102 valence electrons. The van der Waals surface area contributed by atoms with Gasteiger partial charge in [0.15, 0.2) is 0 Å². The van der Waals surface area contributed by atoms with Gasteiger partial charge in [-0.2, -0.15) is 0 Å². The maximum atomic E-state index is 6.03. The molecule has 1 aliphatic rings. The Morgan fingerprint density at radius 3 is 2.11 bits per heavy atom. The summed E-state index contributed by atoms with van der Waals surface area (Å²) in [4.78, 5) is 1.24. The molecule has 2 rings (SSSR count). The molecule has 1 aromatic carbocycles. The zero-order chi connectivity index (χ0) is 14.1. The molecule has 0 amide bonds. The highest BCUT2D eigenvalue weighted by Crippen LogP contribution is 2.36. The summed E-state index contributed by atoms with van der Waals surface area (Å²) < 4.78 is 12.1. The van der Waals surface area contributed by atoms with Crippen LogP contribution in [0.4, 0.5) is 0 Å². The van der Waals surface area contributed by atoms with Crippen LogP contribution in [0.2, 0.25) is 0 Å². The fraction of sp³-hybridized carbons (Fsp3) is 0.467. The first-order chi connectivity index (χ1) is 8.86. The first kappa shape index (κ1) is 14.7. The first-order valence-corrected chi connectivity index (χ1v) is 7.53. The minimum absolute atomic E-state index is 0.275. The smallest absolute Gasteiger partial charge is 0.399 e. The highest BCUT2D eigenvalue weighted by Gasteiger charge is 2.51. The molecule has 0 aliphatic carbocycles. The molecule has 1 aromatic rings. The molecule has 19 heavy (non-hydrogen) atoms. The maximum Gasteiger partial charge on any atom is 0.494 e. The van der Waals surface area contributed by atoms with E-state index in [1.807, 2.05) is 6.08 Å². The Labute approximate surface area is 120 Å². The molecule has 2 nitrogen and oxygen atoms in total. The van der Waals surface area contributed by atoms with Gasteiger partial charge in [-0.1, -0.05) is 18.2 Å². The van der Waals surface area contributed by atoms with E-state index < -0.39 is 0 Å². The molecule has 0 aromatic heterocycles. The summed E-state index contributed by atoms with van der Waals surface area (Å²) in [5, 5.41) is 0. The van der Waals surface area contributed by atoms with Crippen molar-refractivity contribution in [3.8, 4) is 0 Å². The Morgan fingerprint density at radius 2 is 1.63 bits per heavy atom. The third-order valence-electron chi connectivity index (χ3n) is 3.77. The van der Waals surface area contributed by atoms with Crippen LogP contribution in [-0.4, -0.2) is 24.1 Å². The Morgan fingerprint density at radius 1 is 1.11 bits per heavy atom. The SMILES string of the molecule is C=CCSc1ccc(B2OC(C)(C)C(C)(C)O2)cc1. The molecule has 0 N–H and O–H groups in total. The van der Waals surface area contributed by atoms with Crippen molar-refractivity contribution in [1.82, 2.24) is 0 Å².